The maximum atomic E-state index is 14.2. The zero-order valence-corrected chi connectivity index (χ0v) is 19.1. The lowest BCUT2D eigenvalue weighted by Crippen LogP contribution is -2.25. The van der Waals surface area contributed by atoms with Gasteiger partial charge in [0.05, 0.1) is 6.20 Å². The fourth-order valence-corrected chi connectivity index (χ4v) is 3.96. The molecule has 1 amide bonds. The molecule has 184 valence electrons. The lowest BCUT2D eigenvalue weighted by Gasteiger charge is -2.22. The second-order valence-electron chi connectivity index (χ2n) is 8.14. The molecule has 1 aliphatic rings. The molecule has 4 aromatic rings. The molecule has 0 bridgehead atoms. The Kier molecular flexibility index (Phi) is 5.39. The molecule has 0 unspecified atom stereocenters. The van der Waals surface area contributed by atoms with Gasteiger partial charge < -0.3 is 19.7 Å². The van der Waals surface area contributed by atoms with E-state index < -0.39 is 12.0 Å². The van der Waals surface area contributed by atoms with Gasteiger partial charge in [-0.15, -0.1) is 0 Å². The summed E-state index contributed by atoms with van der Waals surface area (Å²) in [5, 5.41) is 26.2. The van der Waals surface area contributed by atoms with Crippen LogP contribution >= 0.6 is 0 Å². The first-order valence-electron chi connectivity index (χ1n) is 10.8. The predicted molar refractivity (Wildman–Crippen MR) is 123 cm³/mol. The van der Waals surface area contributed by atoms with Gasteiger partial charge in [0.25, 0.3) is 5.92 Å². The lowest BCUT2D eigenvalue weighted by atomic mass is 10.1. The van der Waals surface area contributed by atoms with Gasteiger partial charge in [-0.1, -0.05) is 0 Å². The number of aryl methyl sites for hydroxylation is 2. The number of hydrogen-bond donors (Lipinski definition) is 2. The summed E-state index contributed by atoms with van der Waals surface area (Å²) in [6, 6.07) is 6.30. The standard InChI is InChI=1S/C22H19F2N9O3/c1-31(21(34)35)17-8-12(4-6-26-17)36-14-11-27-19-18(13(14)10-25)32(2)20(29-19)28-16-9-15-22(23,24)5-3-7-33(15)30-16/h4,6,8-9,11H,3,5,7H2,1-2H3,(H,34,35)(H,27,28,29,30). The van der Waals surface area contributed by atoms with E-state index in [4.69, 9.17) is 9.84 Å². The van der Waals surface area contributed by atoms with Crippen molar-refractivity contribution in [2.45, 2.75) is 25.3 Å². The van der Waals surface area contributed by atoms with Crippen molar-refractivity contribution in [3.8, 4) is 17.6 Å². The van der Waals surface area contributed by atoms with Gasteiger partial charge in [-0.2, -0.15) is 24.1 Å². The van der Waals surface area contributed by atoms with E-state index in [1.54, 1.807) is 11.6 Å². The Morgan fingerprint density at radius 3 is 2.89 bits per heavy atom. The molecule has 0 fully saturated rings. The highest BCUT2D eigenvalue weighted by atomic mass is 19.3. The van der Waals surface area contributed by atoms with Gasteiger partial charge in [0.15, 0.2) is 17.2 Å². The fourth-order valence-electron chi connectivity index (χ4n) is 3.96. The van der Waals surface area contributed by atoms with Gasteiger partial charge in [-0.3, -0.25) is 9.58 Å². The minimum atomic E-state index is -2.95. The van der Waals surface area contributed by atoms with Gasteiger partial charge in [0.1, 0.15) is 34.4 Å². The summed E-state index contributed by atoms with van der Waals surface area (Å²) in [5.41, 5.74) is 0.554. The highest BCUT2D eigenvalue weighted by Crippen LogP contribution is 2.38. The molecule has 1 aliphatic heterocycles. The first-order valence-corrected chi connectivity index (χ1v) is 10.8. The maximum Gasteiger partial charge on any atom is 0.412 e. The molecule has 2 N–H and O–H groups in total. The number of amides is 1. The molecule has 36 heavy (non-hydrogen) atoms. The number of carbonyl (C=O) groups is 1. The van der Waals surface area contributed by atoms with Gasteiger partial charge in [-0.05, 0) is 12.5 Å². The predicted octanol–water partition coefficient (Wildman–Crippen LogP) is 3.97. The Hall–Kier alpha value is -4.80. The zero-order chi connectivity index (χ0) is 25.6. The monoisotopic (exact) mass is 495 g/mol. The van der Waals surface area contributed by atoms with Crippen LogP contribution in [0.5, 0.6) is 11.5 Å². The number of aromatic nitrogens is 6. The Morgan fingerprint density at radius 2 is 2.17 bits per heavy atom. The smallest absolute Gasteiger partial charge is 0.412 e. The van der Waals surface area contributed by atoms with E-state index in [1.165, 1.54) is 42.3 Å². The van der Waals surface area contributed by atoms with Crippen LogP contribution in [0.2, 0.25) is 0 Å². The van der Waals surface area contributed by atoms with Crippen LogP contribution in [0.4, 0.5) is 31.2 Å². The van der Waals surface area contributed by atoms with Crippen molar-refractivity contribution in [3.63, 3.8) is 0 Å². The molecule has 14 heteroatoms. The normalized spacial score (nSPS) is 14.2. The van der Waals surface area contributed by atoms with E-state index in [0.29, 0.717) is 18.5 Å². The van der Waals surface area contributed by atoms with Gasteiger partial charge in [0, 0.05) is 45.4 Å². The minimum absolute atomic E-state index is 0.117. The minimum Gasteiger partial charge on any atom is -0.465 e. The number of anilines is 3. The molecule has 12 nitrogen and oxygen atoms in total. The molecule has 5 rings (SSSR count). The molecule has 0 atom stereocenters. The van der Waals surface area contributed by atoms with E-state index in [1.807, 2.05) is 0 Å². The maximum absolute atomic E-state index is 14.2. The highest BCUT2D eigenvalue weighted by Gasteiger charge is 2.38. The van der Waals surface area contributed by atoms with E-state index >= 15 is 0 Å². The van der Waals surface area contributed by atoms with E-state index in [0.717, 1.165) is 4.90 Å². The number of alkyl halides is 2. The summed E-state index contributed by atoms with van der Waals surface area (Å²) in [7, 11) is 2.98. The number of rotatable bonds is 5. The molecule has 0 aromatic carbocycles. The number of hydrogen-bond acceptors (Lipinski definition) is 8. The van der Waals surface area contributed by atoms with Crippen LogP contribution in [0.25, 0.3) is 11.2 Å². The number of ether oxygens (including phenoxy) is 1. The number of pyridine rings is 2. The van der Waals surface area contributed by atoms with E-state index in [2.05, 4.69) is 31.4 Å². The Labute approximate surface area is 202 Å². The largest absolute Gasteiger partial charge is 0.465 e. The Bertz CT molecular complexity index is 1540. The van der Waals surface area contributed by atoms with Crippen LogP contribution in [0.3, 0.4) is 0 Å². The highest BCUT2D eigenvalue weighted by molar-refractivity contribution is 5.85. The fraction of sp³-hybridized carbons (Fsp3) is 0.273. The first kappa shape index (κ1) is 23.0. The summed E-state index contributed by atoms with van der Waals surface area (Å²) < 4.78 is 37.1. The van der Waals surface area contributed by atoms with Crippen molar-refractivity contribution in [2.75, 3.05) is 17.3 Å². The average molecular weight is 495 g/mol. The van der Waals surface area contributed by atoms with Crippen molar-refractivity contribution in [1.29, 1.82) is 5.26 Å². The van der Waals surface area contributed by atoms with Crippen molar-refractivity contribution in [3.05, 3.63) is 41.9 Å². The van der Waals surface area contributed by atoms with Gasteiger partial charge in [-0.25, -0.2) is 14.8 Å². The van der Waals surface area contributed by atoms with Crippen LogP contribution < -0.4 is 15.0 Å². The van der Waals surface area contributed by atoms with Crippen LogP contribution in [0.15, 0.2) is 30.6 Å². The van der Waals surface area contributed by atoms with Gasteiger partial charge in [0.2, 0.25) is 5.95 Å². The molecule has 0 saturated heterocycles. The van der Waals surface area contributed by atoms with Gasteiger partial charge >= 0.3 is 6.09 Å². The number of halogens is 2. The molecule has 0 saturated carbocycles. The molecule has 0 spiro atoms. The summed E-state index contributed by atoms with van der Waals surface area (Å²) in [6.07, 6.45) is 1.61. The Balaban J connectivity index is 1.48. The van der Waals surface area contributed by atoms with Crippen molar-refractivity contribution in [2.24, 2.45) is 7.05 Å². The summed E-state index contributed by atoms with van der Waals surface area (Å²) >= 11 is 0. The van der Waals surface area contributed by atoms with Crippen LogP contribution in [-0.2, 0) is 19.5 Å². The topological polar surface area (TPSA) is 147 Å². The molecule has 4 aromatic heterocycles. The van der Waals surface area contributed by atoms with E-state index in [-0.39, 0.29) is 52.4 Å². The zero-order valence-electron chi connectivity index (χ0n) is 19.1. The molecular formula is C22H19F2N9O3. The SMILES string of the molecule is CN(C(=O)O)c1cc(Oc2cnc3nc(Nc4cc5n(n4)CCCC5(F)F)n(C)c3c2C#N)ccn1. The number of nitriles is 1. The van der Waals surface area contributed by atoms with Crippen molar-refractivity contribution in [1.82, 2.24) is 29.3 Å². The number of carboxylic acid groups (broad SMARTS) is 1. The van der Waals surface area contributed by atoms with Crippen molar-refractivity contribution >= 4 is 34.8 Å². The summed E-state index contributed by atoms with van der Waals surface area (Å²) in [6.45, 7) is 0.398. The third kappa shape index (κ3) is 3.90. The summed E-state index contributed by atoms with van der Waals surface area (Å²) in [4.78, 5) is 24.8. The molecular weight excluding hydrogens is 476 g/mol. The van der Waals surface area contributed by atoms with Crippen molar-refractivity contribution < 1.29 is 23.4 Å². The quantitative estimate of drug-likeness (QED) is 0.420. The lowest BCUT2D eigenvalue weighted by molar-refractivity contribution is -0.0364. The molecule has 0 aliphatic carbocycles. The molecule has 5 heterocycles. The number of nitrogens with zero attached hydrogens (tertiary/aromatic N) is 8. The second kappa shape index (κ2) is 8.45. The van der Waals surface area contributed by atoms with Crippen LogP contribution in [-0.4, -0.2) is 47.5 Å². The third-order valence-electron chi connectivity index (χ3n) is 5.81. The average Bonchev–Trinajstić information content (AvgIpc) is 3.40. The third-order valence-corrected chi connectivity index (χ3v) is 5.81. The first-order chi connectivity index (χ1) is 17.2. The molecule has 0 radical (unpaired) electrons. The second-order valence-corrected chi connectivity index (χ2v) is 8.14. The van der Waals surface area contributed by atoms with Crippen LogP contribution in [0, 0.1) is 11.3 Å². The summed E-state index contributed by atoms with van der Waals surface area (Å²) in [5.74, 6) is -2.01. The number of imidazole rings is 1. The number of fused-ring (bicyclic) bond motifs is 2. The number of nitrogens with one attached hydrogen (secondary N) is 1. The van der Waals surface area contributed by atoms with E-state index in [9.17, 15) is 18.8 Å². The Morgan fingerprint density at radius 1 is 1.36 bits per heavy atom. The van der Waals surface area contributed by atoms with Crippen LogP contribution in [0.1, 0.15) is 24.1 Å².